The van der Waals surface area contributed by atoms with E-state index < -0.39 is 0 Å². The van der Waals surface area contributed by atoms with E-state index in [-0.39, 0.29) is 0 Å². The van der Waals surface area contributed by atoms with Gasteiger partial charge in [-0.1, -0.05) is 15.9 Å². The van der Waals surface area contributed by atoms with Crippen molar-refractivity contribution >= 4 is 38.5 Å². The Hall–Kier alpha value is 0.390. The van der Waals surface area contributed by atoms with Gasteiger partial charge in [0.15, 0.2) is 0 Å². The van der Waals surface area contributed by atoms with Crippen LogP contribution in [0.5, 0.6) is 0 Å². The van der Waals surface area contributed by atoms with Crippen molar-refractivity contribution in [2.45, 2.75) is 13.0 Å². The summed E-state index contributed by atoms with van der Waals surface area (Å²) in [5, 5.41) is 3.22. The molecule has 0 aliphatic rings. The van der Waals surface area contributed by atoms with Crippen molar-refractivity contribution < 1.29 is 0 Å². The third-order valence-electron chi connectivity index (χ3n) is 1.86. The Morgan fingerprint density at radius 2 is 2.17 bits per heavy atom. The second kappa shape index (κ2) is 4.58. The molecule has 66 valence electrons. The van der Waals surface area contributed by atoms with Crippen molar-refractivity contribution in [3.05, 3.63) is 31.8 Å². The van der Waals surface area contributed by atoms with Gasteiger partial charge < -0.3 is 5.32 Å². The summed E-state index contributed by atoms with van der Waals surface area (Å²) in [5.74, 6) is 0. The molecule has 1 unspecified atom stereocenters. The van der Waals surface area contributed by atoms with Gasteiger partial charge in [0.25, 0.3) is 0 Å². The fourth-order valence-electron chi connectivity index (χ4n) is 1.00. The van der Waals surface area contributed by atoms with Crippen LogP contribution in [0.2, 0.25) is 0 Å². The number of hydrogen-bond donors (Lipinski definition) is 1. The van der Waals surface area contributed by atoms with E-state index in [0.717, 1.165) is 0 Å². The van der Waals surface area contributed by atoms with Gasteiger partial charge in [-0.05, 0) is 60.3 Å². The molecule has 3 heteroatoms. The number of benzene rings is 1. The first-order valence-electron chi connectivity index (χ1n) is 3.77. The SMILES string of the molecule is CNC(C)c1cc(I)ccc1Br. The van der Waals surface area contributed by atoms with Crippen LogP contribution in [0.1, 0.15) is 18.5 Å². The van der Waals surface area contributed by atoms with Crippen LogP contribution in [0.25, 0.3) is 0 Å². The summed E-state index contributed by atoms with van der Waals surface area (Å²) >= 11 is 5.85. The van der Waals surface area contributed by atoms with E-state index in [1.165, 1.54) is 13.6 Å². The number of nitrogens with one attached hydrogen (secondary N) is 1. The summed E-state index contributed by atoms with van der Waals surface area (Å²) in [6, 6.07) is 6.77. The van der Waals surface area contributed by atoms with Crippen LogP contribution < -0.4 is 5.32 Å². The Morgan fingerprint density at radius 3 is 2.75 bits per heavy atom. The average Bonchev–Trinajstić information content (AvgIpc) is 2.08. The molecule has 0 heterocycles. The molecule has 1 aromatic carbocycles. The van der Waals surface area contributed by atoms with Crippen molar-refractivity contribution in [3.63, 3.8) is 0 Å². The molecule has 0 amide bonds. The highest BCUT2D eigenvalue weighted by atomic mass is 127. The van der Waals surface area contributed by atoms with Gasteiger partial charge >= 0.3 is 0 Å². The zero-order valence-electron chi connectivity index (χ0n) is 7.07. The summed E-state index contributed by atoms with van der Waals surface area (Å²) in [6.45, 7) is 2.15. The summed E-state index contributed by atoms with van der Waals surface area (Å²) < 4.78 is 2.44. The maximum Gasteiger partial charge on any atom is 0.0300 e. The molecular weight excluding hydrogens is 329 g/mol. The summed E-state index contributed by atoms with van der Waals surface area (Å²) in [4.78, 5) is 0. The number of rotatable bonds is 2. The van der Waals surface area contributed by atoms with E-state index in [4.69, 9.17) is 0 Å². The molecule has 0 saturated carbocycles. The monoisotopic (exact) mass is 339 g/mol. The molecule has 0 saturated heterocycles. The van der Waals surface area contributed by atoms with Crippen LogP contribution >= 0.6 is 38.5 Å². The molecular formula is C9H11BrIN. The lowest BCUT2D eigenvalue weighted by atomic mass is 10.1. The largest absolute Gasteiger partial charge is 0.313 e. The molecule has 0 radical (unpaired) electrons. The molecule has 0 aliphatic carbocycles. The number of halogens is 2. The minimum absolute atomic E-state index is 0.397. The van der Waals surface area contributed by atoms with Gasteiger partial charge in [0.1, 0.15) is 0 Å². The van der Waals surface area contributed by atoms with Crippen molar-refractivity contribution in [3.8, 4) is 0 Å². The van der Waals surface area contributed by atoms with E-state index in [0.29, 0.717) is 6.04 Å². The van der Waals surface area contributed by atoms with Crippen LogP contribution in [0.15, 0.2) is 22.7 Å². The maximum atomic E-state index is 3.53. The predicted octanol–water partition coefficient (Wildman–Crippen LogP) is 3.33. The van der Waals surface area contributed by atoms with Gasteiger partial charge in [0, 0.05) is 14.1 Å². The van der Waals surface area contributed by atoms with Crippen LogP contribution in [0.3, 0.4) is 0 Å². The van der Waals surface area contributed by atoms with E-state index in [9.17, 15) is 0 Å². The second-order valence-electron chi connectivity index (χ2n) is 2.68. The van der Waals surface area contributed by atoms with Crippen molar-refractivity contribution in [1.82, 2.24) is 5.32 Å². The zero-order valence-corrected chi connectivity index (χ0v) is 10.8. The maximum absolute atomic E-state index is 3.53. The Kier molecular flexibility index (Phi) is 3.99. The molecule has 12 heavy (non-hydrogen) atoms. The van der Waals surface area contributed by atoms with Crippen molar-refractivity contribution in [1.29, 1.82) is 0 Å². The fourth-order valence-corrected chi connectivity index (χ4v) is 2.11. The van der Waals surface area contributed by atoms with E-state index >= 15 is 0 Å². The lowest BCUT2D eigenvalue weighted by Crippen LogP contribution is -2.12. The number of hydrogen-bond acceptors (Lipinski definition) is 1. The lowest BCUT2D eigenvalue weighted by Gasteiger charge is -2.12. The zero-order chi connectivity index (χ0) is 9.14. The molecule has 1 atom stereocenters. The first-order chi connectivity index (χ1) is 5.65. The van der Waals surface area contributed by atoms with E-state index in [2.05, 4.69) is 69.0 Å². The van der Waals surface area contributed by atoms with Gasteiger partial charge in [0.2, 0.25) is 0 Å². The molecule has 1 aromatic rings. The third kappa shape index (κ3) is 2.44. The molecule has 0 fully saturated rings. The predicted molar refractivity (Wildman–Crippen MR) is 64.3 cm³/mol. The van der Waals surface area contributed by atoms with E-state index in [1.807, 2.05) is 7.05 Å². The first kappa shape index (κ1) is 10.5. The summed E-state index contributed by atoms with van der Waals surface area (Å²) in [7, 11) is 1.97. The van der Waals surface area contributed by atoms with Gasteiger partial charge in [-0.3, -0.25) is 0 Å². The molecule has 0 bridgehead atoms. The lowest BCUT2D eigenvalue weighted by molar-refractivity contribution is 0.649. The molecule has 1 rings (SSSR count). The smallest absolute Gasteiger partial charge is 0.0300 e. The first-order valence-corrected chi connectivity index (χ1v) is 5.64. The normalized spacial score (nSPS) is 13.0. The third-order valence-corrected chi connectivity index (χ3v) is 3.25. The summed E-state index contributed by atoms with van der Waals surface area (Å²) in [5.41, 5.74) is 1.31. The van der Waals surface area contributed by atoms with E-state index in [1.54, 1.807) is 0 Å². The highest BCUT2D eigenvalue weighted by Gasteiger charge is 2.06. The Bertz CT molecular complexity index is 275. The van der Waals surface area contributed by atoms with Gasteiger partial charge in [-0.25, -0.2) is 0 Å². The molecule has 1 N–H and O–H groups in total. The summed E-state index contributed by atoms with van der Waals surface area (Å²) in [6.07, 6.45) is 0. The topological polar surface area (TPSA) is 12.0 Å². The molecule has 0 aromatic heterocycles. The standard InChI is InChI=1S/C9H11BrIN/c1-6(12-2)8-5-7(11)3-4-9(8)10/h3-6,12H,1-2H3. The molecule has 1 nitrogen and oxygen atoms in total. The van der Waals surface area contributed by atoms with Crippen LogP contribution in [0.4, 0.5) is 0 Å². The quantitative estimate of drug-likeness (QED) is 0.815. The van der Waals surface area contributed by atoms with Crippen LogP contribution in [-0.2, 0) is 0 Å². The molecule has 0 spiro atoms. The average molecular weight is 340 g/mol. The fraction of sp³-hybridized carbons (Fsp3) is 0.333. The van der Waals surface area contributed by atoms with Crippen LogP contribution in [0, 0.1) is 3.57 Å². The van der Waals surface area contributed by atoms with Gasteiger partial charge in [-0.2, -0.15) is 0 Å². The minimum Gasteiger partial charge on any atom is -0.313 e. The highest BCUT2D eigenvalue weighted by Crippen LogP contribution is 2.24. The Labute approximate surface area is 95.2 Å². The van der Waals surface area contributed by atoms with Crippen molar-refractivity contribution in [2.24, 2.45) is 0 Å². The minimum atomic E-state index is 0.397. The van der Waals surface area contributed by atoms with Gasteiger partial charge in [0.05, 0.1) is 0 Å². The van der Waals surface area contributed by atoms with Crippen molar-refractivity contribution in [2.75, 3.05) is 7.05 Å². The second-order valence-corrected chi connectivity index (χ2v) is 4.78. The van der Waals surface area contributed by atoms with Gasteiger partial charge in [-0.15, -0.1) is 0 Å². The van der Waals surface area contributed by atoms with Crippen LogP contribution in [-0.4, -0.2) is 7.05 Å². The Balaban J connectivity index is 3.04. The highest BCUT2D eigenvalue weighted by molar-refractivity contribution is 14.1. The Morgan fingerprint density at radius 1 is 1.50 bits per heavy atom. The molecule has 0 aliphatic heterocycles.